The number of carbonyl (C=O) groups excluding carboxylic acids is 1. The van der Waals surface area contributed by atoms with Crippen LogP contribution in [0.4, 0.5) is 0 Å². The van der Waals surface area contributed by atoms with Gasteiger partial charge in [0.1, 0.15) is 40.4 Å². The van der Waals surface area contributed by atoms with Crippen molar-refractivity contribution in [3.63, 3.8) is 0 Å². The van der Waals surface area contributed by atoms with Crippen LogP contribution in [-0.4, -0.2) is 26.2 Å². The Hall–Kier alpha value is -3.41. The van der Waals surface area contributed by atoms with Crippen LogP contribution < -0.4 is 4.74 Å². The smallest absolute Gasteiger partial charge is 0.174 e. The number of benzene rings is 2. The van der Waals surface area contributed by atoms with Crippen molar-refractivity contribution >= 4 is 5.78 Å². The van der Waals surface area contributed by atoms with Gasteiger partial charge in [-0.1, -0.05) is 23.3 Å². The minimum absolute atomic E-state index is 0.0162. The van der Waals surface area contributed by atoms with Crippen molar-refractivity contribution in [3.8, 4) is 28.7 Å². The van der Waals surface area contributed by atoms with Crippen LogP contribution in [0.3, 0.4) is 0 Å². The molecule has 0 saturated carbocycles. The highest BCUT2D eigenvalue weighted by molar-refractivity contribution is 6.02. The topological polar surface area (TPSA) is 107 Å². The Morgan fingerprint density at radius 1 is 1.00 bits per heavy atom. The van der Waals surface area contributed by atoms with E-state index in [-0.39, 0.29) is 46.5 Å². The lowest BCUT2D eigenvalue weighted by Gasteiger charge is -2.27. The maximum Gasteiger partial charge on any atom is 0.174 e. The molecule has 0 spiro atoms. The summed E-state index contributed by atoms with van der Waals surface area (Å²) in [5, 5.41) is 40.3. The second-order valence-corrected chi connectivity index (χ2v) is 8.19. The quantitative estimate of drug-likeness (QED) is 0.459. The van der Waals surface area contributed by atoms with Gasteiger partial charge in [-0.2, -0.15) is 0 Å². The van der Waals surface area contributed by atoms with Crippen LogP contribution in [0, 0.1) is 0 Å². The number of Topliss-reactive ketones (excluding diaryl/α,β-unsaturated/α-hetero) is 1. The Labute approximate surface area is 181 Å². The third kappa shape index (κ3) is 5.20. The minimum atomic E-state index is -0.803. The fourth-order valence-electron chi connectivity index (χ4n) is 3.64. The number of rotatable bonds is 6. The lowest BCUT2D eigenvalue weighted by molar-refractivity contribution is 0.0842. The molecule has 0 aromatic heterocycles. The van der Waals surface area contributed by atoms with Crippen molar-refractivity contribution in [1.29, 1.82) is 0 Å². The van der Waals surface area contributed by atoms with Gasteiger partial charge in [0.25, 0.3) is 0 Å². The van der Waals surface area contributed by atoms with E-state index in [1.165, 1.54) is 23.3 Å². The number of phenols is 4. The molecule has 6 heteroatoms. The summed E-state index contributed by atoms with van der Waals surface area (Å²) >= 11 is 0. The second kappa shape index (κ2) is 9.16. The maximum atomic E-state index is 12.6. The van der Waals surface area contributed by atoms with Crippen molar-refractivity contribution in [2.45, 2.75) is 52.6 Å². The molecule has 1 atom stereocenters. The summed E-state index contributed by atoms with van der Waals surface area (Å²) in [6.07, 6.45) is 5.67. The van der Waals surface area contributed by atoms with Gasteiger partial charge < -0.3 is 25.2 Å². The summed E-state index contributed by atoms with van der Waals surface area (Å²) in [6, 6.07) is 5.23. The molecule has 4 N–H and O–H groups in total. The lowest BCUT2D eigenvalue weighted by Crippen LogP contribution is -2.20. The number of hydrogen-bond acceptors (Lipinski definition) is 6. The van der Waals surface area contributed by atoms with Crippen molar-refractivity contribution in [3.05, 3.63) is 64.3 Å². The Bertz CT molecular complexity index is 1060. The summed E-state index contributed by atoms with van der Waals surface area (Å²) in [7, 11) is 0. The predicted molar refractivity (Wildman–Crippen MR) is 118 cm³/mol. The van der Waals surface area contributed by atoms with E-state index in [0.29, 0.717) is 17.5 Å². The van der Waals surface area contributed by atoms with E-state index in [1.54, 1.807) is 6.07 Å². The summed E-state index contributed by atoms with van der Waals surface area (Å²) in [5.74, 6) is -1.09. The Morgan fingerprint density at radius 3 is 2.45 bits per heavy atom. The molecule has 1 unspecified atom stereocenters. The average molecular weight is 424 g/mol. The molecule has 1 aliphatic rings. The minimum Gasteiger partial charge on any atom is -0.508 e. The van der Waals surface area contributed by atoms with E-state index in [0.717, 1.165) is 18.9 Å². The van der Waals surface area contributed by atoms with Crippen LogP contribution in [0.15, 0.2) is 47.6 Å². The first-order chi connectivity index (χ1) is 14.7. The third-order valence-electron chi connectivity index (χ3n) is 5.32. The van der Waals surface area contributed by atoms with Crippen LogP contribution in [0.2, 0.25) is 0 Å². The van der Waals surface area contributed by atoms with Crippen LogP contribution in [0.1, 0.15) is 67.6 Å². The monoisotopic (exact) mass is 424 g/mol. The SMILES string of the molecule is CC(C)=CCCC(C)=CCc1cc(C2CC(=O)c3c(O)cc(O)cc3O2)c(O)cc1O. The zero-order valence-corrected chi connectivity index (χ0v) is 18.0. The highest BCUT2D eigenvalue weighted by Gasteiger charge is 2.32. The number of phenolic OH excluding ortho intramolecular Hbond substituents is 4. The van der Waals surface area contributed by atoms with E-state index in [2.05, 4.69) is 19.9 Å². The van der Waals surface area contributed by atoms with Crippen LogP contribution in [0.25, 0.3) is 0 Å². The van der Waals surface area contributed by atoms with Crippen molar-refractivity contribution in [2.24, 2.45) is 0 Å². The molecule has 2 aromatic carbocycles. The Kier molecular flexibility index (Phi) is 6.59. The van der Waals surface area contributed by atoms with Crippen molar-refractivity contribution in [1.82, 2.24) is 0 Å². The van der Waals surface area contributed by atoms with Crippen LogP contribution >= 0.6 is 0 Å². The van der Waals surface area contributed by atoms with E-state index in [1.807, 2.05) is 13.0 Å². The number of fused-ring (bicyclic) bond motifs is 1. The van der Waals surface area contributed by atoms with Gasteiger partial charge in [-0.15, -0.1) is 0 Å². The van der Waals surface area contributed by atoms with Crippen LogP contribution in [0.5, 0.6) is 28.7 Å². The number of carbonyl (C=O) groups is 1. The molecule has 0 bridgehead atoms. The number of ether oxygens (including phenoxy) is 1. The normalized spacial score (nSPS) is 15.9. The van der Waals surface area contributed by atoms with Gasteiger partial charge in [-0.3, -0.25) is 4.79 Å². The summed E-state index contributed by atoms with van der Waals surface area (Å²) in [4.78, 5) is 12.6. The first kappa shape index (κ1) is 22.3. The molecule has 0 saturated heterocycles. The molecule has 164 valence electrons. The molecular formula is C25H28O6. The molecule has 0 aliphatic carbocycles. The predicted octanol–water partition coefficient (Wildman–Crippen LogP) is 5.45. The molecular weight excluding hydrogens is 396 g/mol. The zero-order valence-electron chi connectivity index (χ0n) is 18.0. The summed E-state index contributed by atoms with van der Waals surface area (Å²) in [5.41, 5.74) is 3.46. The fraction of sp³-hybridized carbons (Fsp3) is 0.320. The molecule has 1 heterocycles. The van der Waals surface area contributed by atoms with Crippen LogP contribution in [-0.2, 0) is 6.42 Å². The second-order valence-electron chi connectivity index (χ2n) is 8.19. The molecule has 3 rings (SSSR count). The fourth-order valence-corrected chi connectivity index (χ4v) is 3.64. The lowest BCUT2D eigenvalue weighted by atomic mass is 9.93. The largest absolute Gasteiger partial charge is 0.508 e. The summed E-state index contributed by atoms with van der Waals surface area (Å²) < 4.78 is 5.82. The first-order valence-corrected chi connectivity index (χ1v) is 10.2. The number of allylic oxidation sites excluding steroid dienone is 4. The van der Waals surface area contributed by atoms with Crippen molar-refractivity contribution < 1.29 is 30.0 Å². The third-order valence-corrected chi connectivity index (χ3v) is 5.32. The number of ketones is 1. The molecule has 0 fully saturated rings. The van der Waals surface area contributed by atoms with E-state index < -0.39 is 6.10 Å². The highest BCUT2D eigenvalue weighted by atomic mass is 16.5. The zero-order chi connectivity index (χ0) is 22.7. The maximum absolute atomic E-state index is 12.6. The number of hydrogen-bond donors (Lipinski definition) is 4. The molecule has 1 aliphatic heterocycles. The van der Waals surface area contributed by atoms with Gasteiger partial charge in [0.2, 0.25) is 0 Å². The van der Waals surface area contributed by atoms with Gasteiger partial charge in [0, 0.05) is 23.8 Å². The molecule has 2 aromatic rings. The first-order valence-electron chi connectivity index (χ1n) is 10.2. The highest BCUT2D eigenvalue weighted by Crippen LogP contribution is 2.44. The molecule has 0 radical (unpaired) electrons. The molecule has 31 heavy (non-hydrogen) atoms. The van der Waals surface area contributed by atoms with Crippen molar-refractivity contribution in [2.75, 3.05) is 0 Å². The Balaban J connectivity index is 1.84. The molecule has 0 amide bonds. The van der Waals surface area contributed by atoms with E-state index in [4.69, 9.17) is 4.74 Å². The van der Waals surface area contributed by atoms with Gasteiger partial charge in [0.05, 0.1) is 6.42 Å². The average Bonchev–Trinajstić information content (AvgIpc) is 2.66. The summed E-state index contributed by atoms with van der Waals surface area (Å²) in [6.45, 7) is 6.17. The van der Waals surface area contributed by atoms with E-state index >= 15 is 0 Å². The Morgan fingerprint density at radius 2 is 1.74 bits per heavy atom. The van der Waals surface area contributed by atoms with Gasteiger partial charge >= 0.3 is 0 Å². The van der Waals surface area contributed by atoms with Gasteiger partial charge in [0.15, 0.2) is 5.78 Å². The van der Waals surface area contributed by atoms with E-state index in [9.17, 15) is 25.2 Å². The van der Waals surface area contributed by atoms with Gasteiger partial charge in [-0.05, 0) is 51.7 Å². The number of aromatic hydroxyl groups is 4. The van der Waals surface area contributed by atoms with Gasteiger partial charge in [-0.25, -0.2) is 0 Å². The molecule has 6 nitrogen and oxygen atoms in total. The standard InChI is InChI=1S/C25H28O6/c1-14(2)5-4-6-15(3)7-8-16-9-18(20(28)12-19(16)27)23-13-22(30)25-21(29)10-17(26)11-24(25)31-23/h5,7,9-12,23,26-29H,4,6,8,13H2,1-3H3.